The number of carbonyl (C=O) groups is 1. The Morgan fingerprint density at radius 2 is 1.83 bits per heavy atom. The largest absolute Gasteiger partial charge is 0.353 e. The number of thioether (sulfide) groups is 1. The predicted octanol–water partition coefficient (Wildman–Crippen LogP) is 2.61. The van der Waals surface area contributed by atoms with Gasteiger partial charge < -0.3 is 5.32 Å². The van der Waals surface area contributed by atoms with E-state index in [2.05, 4.69) is 51.1 Å². The van der Waals surface area contributed by atoms with Crippen LogP contribution in [0.5, 0.6) is 0 Å². The lowest BCUT2D eigenvalue weighted by Gasteiger charge is -2.28. The first-order valence-corrected chi connectivity index (χ1v) is 8.28. The van der Waals surface area contributed by atoms with Gasteiger partial charge in [-0.3, -0.25) is 9.69 Å². The van der Waals surface area contributed by atoms with E-state index >= 15 is 0 Å². The summed E-state index contributed by atoms with van der Waals surface area (Å²) in [6.07, 6.45) is 3.14. The maximum Gasteiger partial charge on any atom is 0.234 e. The SMILES string of the molecule is CSCCC(C)NC(=O)CN(CC(C)C)C(C)C. The maximum absolute atomic E-state index is 12.0. The van der Waals surface area contributed by atoms with Crippen molar-refractivity contribution in [3.63, 3.8) is 0 Å². The van der Waals surface area contributed by atoms with E-state index in [1.807, 2.05) is 11.8 Å². The molecule has 4 heteroatoms. The van der Waals surface area contributed by atoms with Crippen molar-refractivity contribution in [2.45, 2.75) is 53.1 Å². The molecule has 0 aliphatic heterocycles. The Hall–Kier alpha value is -0.220. The highest BCUT2D eigenvalue weighted by Crippen LogP contribution is 2.04. The molecule has 0 fully saturated rings. The quantitative estimate of drug-likeness (QED) is 0.701. The Morgan fingerprint density at radius 3 is 2.28 bits per heavy atom. The van der Waals surface area contributed by atoms with Gasteiger partial charge in [-0.2, -0.15) is 11.8 Å². The highest BCUT2D eigenvalue weighted by molar-refractivity contribution is 7.98. The molecule has 0 saturated heterocycles. The second kappa shape index (κ2) is 9.68. The first kappa shape index (κ1) is 17.8. The first-order chi connectivity index (χ1) is 8.36. The van der Waals surface area contributed by atoms with Crippen molar-refractivity contribution in [1.29, 1.82) is 0 Å². The van der Waals surface area contributed by atoms with Crippen LogP contribution in [0.2, 0.25) is 0 Å². The number of rotatable bonds is 9. The molecule has 0 rings (SSSR count). The summed E-state index contributed by atoms with van der Waals surface area (Å²) in [6.45, 7) is 12.2. The minimum absolute atomic E-state index is 0.151. The van der Waals surface area contributed by atoms with Crippen molar-refractivity contribution in [2.75, 3.05) is 25.1 Å². The molecule has 1 unspecified atom stereocenters. The van der Waals surface area contributed by atoms with Crippen LogP contribution in [0.1, 0.15) is 41.0 Å². The minimum atomic E-state index is 0.151. The number of carbonyl (C=O) groups excluding carboxylic acids is 1. The highest BCUT2D eigenvalue weighted by atomic mass is 32.2. The summed E-state index contributed by atoms with van der Waals surface area (Å²) in [7, 11) is 0. The van der Waals surface area contributed by atoms with Crippen LogP contribution in [0.4, 0.5) is 0 Å². The van der Waals surface area contributed by atoms with Crippen LogP contribution in [0, 0.1) is 5.92 Å². The molecular formula is C14H30N2OS. The molecule has 0 bridgehead atoms. The number of hydrogen-bond acceptors (Lipinski definition) is 3. The van der Waals surface area contributed by atoms with E-state index in [9.17, 15) is 4.79 Å². The van der Waals surface area contributed by atoms with E-state index in [1.165, 1.54) is 0 Å². The monoisotopic (exact) mass is 274 g/mol. The third kappa shape index (κ3) is 8.81. The van der Waals surface area contributed by atoms with Crippen LogP contribution in [-0.2, 0) is 4.79 Å². The van der Waals surface area contributed by atoms with E-state index in [1.54, 1.807) is 0 Å². The van der Waals surface area contributed by atoms with Gasteiger partial charge in [0.05, 0.1) is 6.54 Å². The Bertz CT molecular complexity index is 232. The van der Waals surface area contributed by atoms with Crippen molar-refractivity contribution in [3.8, 4) is 0 Å². The van der Waals surface area contributed by atoms with E-state index < -0.39 is 0 Å². The van der Waals surface area contributed by atoms with E-state index in [0.29, 0.717) is 18.5 Å². The van der Waals surface area contributed by atoms with Crippen molar-refractivity contribution < 1.29 is 4.79 Å². The molecule has 18 heavy (non-hydrogen) atoms. The van der Waals surface area contributed by atoms with Gasteiger partial charge in [-0.05, 0) is 45.1 Å². The fraction of sp³-hybridized carbons (Fsp3) is 0.929. The number of hydrogen-bond donors (Lipinski definition) is 1. The van der Waals surface area contributed by atoms with Gasteiger partial charge in [0.2, 0.25) is 5.91 Å². The average molecular weight is 274 g/mol. The summed E-state index contributed by atoms with van der Waals surface area (Å²) in [5.41, 5.74) is 0. The van der Waals surface area contributed by atoms with Gasteiger partial charge >= 0.3 is 0 Å². The van der Waals surface area contributed by atoms with Gasteiger partial charge in [-0.15, -0.1) is 0 Å². The third-order valence-electron chi connectivity index (χ3n) is 2.84. The molecule has 0 aliphatic carbocycles. The molecule has 0 saturated carbocycles. The molecule has 0 aromatic heterocycles. The lowest BCUT2D eigenvalue weighted by atomic mass is 10.1. The normalized spacial score (nSPS) is 13.4. The summed E-state index contributed by atoms with van der Waals surface area (Å²) in [5, 5.41) is 3.08. The molecule has 0 aromatic carbocycles. The van der Waals surface area contributed by atoms with E-state index in [0.717, 1.165) is 18.7 Å². The summed E-state index contributed by atoms with van der Waals surface area (Å²) in [4.78, 5) is 14.2. The second-order valence-corrected chi connectivity index (χ2v) is 6.65. The Labute approximate surface area is 117 Å². The Morgan fingerprint density at radius 1 is 1.22 bits per heavy atom. The predicted molar refractivity (Wildman–Crippen MR) is 82.2 cm³/mol. The molecule has 1 amide bonds. The van der Waals surface area contributed by atoms with Gasteiger partial charge in [-0.1, -0.05) is 13.8 Å². The zero-order valence-corrected chi connectivity index (χ0v) is 13.6. The van der Waals surface area contributed by atoms with Crippen molar-refractivity contribution >= 4 is 17.7 Å². The van der Waals surface area contributed by atoms with Gasteiger partial charge in [0.1, 0.15) is 0 Å². The van der Waals surface area contributed by atoms with Crippen LogP contribution < -0.4 is 5.32 Å². The van der Waals surface area contributed by atoms with Crippen molar-refractivity contribution in [2.24, 2.45) is 5.92 Å². The molecule has 1 atom stereocenters. The van der Waals surface area contributed by atoms with E-state index in [-0.39, 0.29) is 11.9 Å². The van der Waals surface area contributed by atoms with Crippen LogP contribution in [0.15, 0.2) is 0 Å². The standard InChI is InChI=1S/C14H30N2OS/c1-11(2)9-16(12(3)4)10-14(17)15-13(5)7-8-18-6/h11-13H,7-10H2,1-6H3,(H,15,17). The molecule has 108 valence electrons. The first-order valence-electron chi connectivity index (χ1n) is 6.89. The topological polar surface area (TPSA) is 32.3 Å². The molecule has 0 aliphatic rings. The average Bonchev–Trinajstić information content (AvgIpc) is 2.24. The summed E-state index contributed by atoms with van der Waals surface area (Å²) >= 11 is 1.82. The molecular weight excluding hydrogens is 244 g/mol. The van der Waals surface area contributed by atoms with E-state index in [4.69, 9.17) is 0 Å². The lowest BCUT2D eigenvalue weighted by Crippen LogP contribution is -2.44. The lowest BCUT2D eigenvalue weighted by molar-refractivity contribution is -0.123. The third-order valence-corrected chi connectivity index (χ3v) is 3.48. The zero-order valence-electron chi connectivity index (χ0n) is 12.8. The van der Waals surface area contributed by atoms with Crippen LogP contribution in [-0.4, -0.2) is 48.0 Å². The molecule has 0 aromatic rings. The summed E-state index contributed by atoms with van der Waals surface area (Å²) in [6, 6.07) is 0.692. The van der Waals surface area contributed by atoms with Gasteiger partial charge in [0.15, 0.2) is 0 Å². The van der Waals surface area contributed by atoms with Gasteiger partial charge in [-0.25, -0.2) is 0 Å². The molecule has 3 nitrogen and oxygen atoms in total. The summed E-state index contributed by atoms with van der Waals surface area (Å²) < 4.78 is 0. The number of nitrogens with zero attached hydrogens (tertiary/aromatic N) is 1. The van der Waals surface area contributed by atoms with Crippen LogP contribution in [0.3, 0.4) is 0 Å². The minimum Gasteiger partial charge on any atom is -0.353 e. The van der Waals surface area contributed by atoms with Crippen molar-refractivity contribution in [3.05, 3.63) is 0 Å². The van der Waals surface area contributed by atoms with Crippen LogP contribution in [0.25, 0.3) is 0 Å². The molecule has 1 N–H and O–H groups in total. The van der Waals surface area contributed by atoms with Gasteiger partial charge in [0.25, 0.3) is 0 Å². The van der Waals surface area contributed by atoms with Crippen LogP contribution >= 0.6 is 11.8 Å². The fourth-order valence-corrected chi connectivity index (χ4v) is 2.39. The second-order valence-electron chi connectivity index (χ2n) is 5.67. The summed E-state index contributed by atoms with van der Waals surface area (Å²) in [5.74, 6) is 1.84. The number of nitrogens with one attached hydrogen (secondary N) is 1. The Kier molecular flexibility index (Phi) is 9.56. The Balaban J connectivity index is 4.09. The smallest absolute Gasteiger partial charge is 0.234 e. The molecule has 0 radical (unpaired) electrons. The fourth-order valence-electron chi connectivity index (χ4n) is 1.80. The number of amides is 1. The maximum atomic E-state index is 12.0. The zero-order chi connectivity index (χ0) is 14.1. The highest BCUT2D eigenvalue weighted by Gasteiger charge is 2.16. The van der Waals surface area contributed by atoms with Gasteiger partial charge in [0, 0.05) is 18.6 Å². The molecule has 0 heterocycles. The molecule has 0 spiro atoms. The van der Waals surface area contributed by atoms with Crippen molar-refractivity contribution in [1.82, 2.24) is 10.2 Å².